The molecule has 0 bridgehead atoms. The van der Waals surface area contributed by atoms with Gasteiger partial charge in [-0.25, -0.2) is 4.79 Å². The molecule has 0 saturated carbocycles. The number of anilines is 1. The van der Waals surface area contributed by atoms with Crippen LogP contribution >= 0.6 is 0 Å². The van der Waals surface area contributed by atoms with E-state index in [1.54, 1.807) is 0 Å². The van der Waals surface area contributed by atoms with E-state index in [0.717, 1.165) is 12.8 Å². The van der Waals surface area contributed by atoms with Crippen molar-refractivity contribution in [3.05, 3.63) is 6.07 Å². The van der Waals surface area contributed by atoms with Gasteiger partial charge < -0.3 is 14.8 Å². The van der Waals surface area contributed by atoms with Gasteiger partial charge in [0.15, 0.2) is 0 Å². The van der Waals surface area contributed by atoms with E-state index < -0.39 is 0 Å². The lowest BCUT2D eigenvalue weighted by atomic mass is 10.2. The molecule has 0 fully saturated rings. The standard InChI is InChI=1S/C13H22N4O3/c1-4-5-6-7-8-14-13(18)17-12-15-10(19-2)9-11(16-12)20-3/h9H,4-8H2,1-3H3,(H2,14,15,16,17,18). The number of carbonyl (C=O) groups excluding carboxylic acids is 1. The molecule has 0 unspecified atom stereocenters. The number of carbonyl (C=O) groups is 1. The molecule has 2 amide bonds. The Bertz CT molecular complexity index is 404. The van der Waals surface area contributed by atoms with E-state index in [4.69, 9.17) is 9.47 Å². The number of nitrogens with zero attached hydrogens (tertiary/aromatic N) is 2. The van der Waals surface area contributed by atoms with Crippen molar-refractivity contribution in [2.75, 3.05) is 26.1 Å². The second-order valence-corrected chi connectivity index (χ2v) is 4.22. The van der Waals surface area contributed by atoms with E-state index in [1.807, 2.05) is 0 Å². The highest BCUT2D eigenvalue weighted by molar-refractivity contribution is 5.87. The van der Waals surface area contributed by atoms with Gasteiger partial charge in [0.1, 0.15) is 0 Å². The van der Waals surface area contributed by atoms with E-state index in [9.17, 15) is 4.79 Å². The molecule has 0 atom stereocenters. The van der Waals surface area contributed by atoms with Crippen LogP contribution in [0.2, 0.25) is 0 Å². The molecule has 20 heavy (non-hydrogen) atoms. The molecule has 0 aromatic carbocycles. The van der Waals surface area contributed by atoms with Gasteiger partial charge >= 0.3 is 6.03 Å². The molecular weight excluding hydrogens is 260 g/mol. The van der Waals surface area contributed by atoms with Crippen LogP contribution < -0.4 is 20.1 Å². The Morgan fingerprint density at radius 1 is 1.15 bits per heavy atom. The van der Waals surface area contributed by atoms with Gasteiger partial charge in [0, 0.05) is 6.54 Å². The van der Waals surface area contributed by atoms with Gasteiger partial charge in [0.2, 0.25) is 17.7 Å². The van der Waals surface area contributed by atoms with Crippen molar-refractivity contribution >= 4 is 12.0 Å². The average Bonchev–Trinajstić information content (AvgIpc) is 2.46. The lowest BCUT2D eigenvalue weighted by Gasteiger charge is -2.08. The van der Waals surface area contributed by atoms with Gasteiger partial charge in [0.25, 0.3) is 0 Å². The molecule has 7 heteroatoms. The molecule has 0 saturated heterocycles. The van der Waals surface area contributed by atoms with Crippen LogP contribution in [-0.2, 0) is 0 Å². The number of nitrogens with one attached hydrogen (secondary N) is 2. The van der Waals surface area contributed by atoms with E-state index in [1.165, 1.54) is 33.1 Å². The van der Waals surface area contributed by atoms with E-state index in [-0.39, 0.29) is 12.0 Å². The Labute approximate surface area is 119 Å². The predicted octanol–water partition coefficient (Wildman–Crippen LogP) is 2.20. The molecule has 0 aliphatic heterocycles. The molecule has 0 radical (unpaired) electrons. The zero-order chi connectivity index (χ0) is 14.8. The maximum Gasteiger partial charge on any atom is 0.321 e. The van der Waals surface area contributed by atoms with Gasteiger partial charge in [-0.05, 0) is 6.42 Å². The fourth-order valence-electron chi connectivity index (χ4n) is 1.57. The van der Waals surface area contributed by atoms with Gasteiger partial charge in [-0.1, -0.05) is 26.2 Å². The average molecular weight is 282 g/mol. The highest BCUT2D eigenvalue weighted by Crippen LogP contribution is 2.16. The monoisotopic (exact) mass is 282 g/mol. The van der Waals surface area contributed by atoms with Crippen molar-refractivity contribution in [3.63, 3.8) is 0 Å². The summed E-state index contributed by atoms with van der Waals surface area (Å²) in [6, 6.07) is 1.20. The smallest absolute Gasteiger partial charge is 0.321 e. The zero-order valence-corrected chi connectivity index (χ0v) is 12.2. The number of methoxy groups -OCH3 is 2. The third-order valence-electron chi connectivity index (χ3n) is 2.64. The lowest BCUT2D eigenvalue weighted by molar-refractivity contribution is 0.251. The summed E-state index contributed by atoms with van der Waals surface area (Å²) in [6.45, 7) is 2.78. The first-order valence-corrected chi connectivity index (χ1v) is 6.71. The lowest BCUT2D eigenvalue weighted by Crippen LogP contribution is -2.30. The van der Waals surface area contributed by atoms with E-state index in [0.29, 0.717) is 18.3 Å². The second kappa shape index (κ2) is 8.95. The number of ether oxygens (including phenoxy) is 2. The minimum Gasteiger partial charge on any atom is -0.481 e. The highest BCUT2D eigenvalue weighted by atomic mass is 16.5. The van der Waals surface area contributed by atoms with Crippen LogP contribution in [0.5, 0.6) is 11.8 Å². The Kier molecular flexibility index (Phi) is 7.16. The number of urea groups is 1. The third kappa shape index (κ3) is 5.73. The molecule has 2 N–H and O–H groups in total. The highest BCUT2D eigenvalue weighted by Gasteiger charge is 2.08. The molecule has 1 heterocycles. The topological polar surface area (TPSA) is 85.4 Å². The number of hydrogen-bond acceptors (Lipinski definition) is 5. The van der Waals surface area contributed by atoms with Crippen molar-refractivity contribution in [3.8, 4) is 11.8 Å². The summed E-state index contributed by atoms with van der Waals surface area (Å²) < 4.78 is 10.0. The summed E-state index contributed by atoms with van der Waals surface area (Å²) in [5, 5.41) is 5.30. The van der Waals surface area contributed by atoms with Crippen molar-refractivity contribution in [1.82, 2.24) is 15.3 Å². The molecule has 112 valence electrons. The van der Waals surface area contributed by atoms with Crippen LogP contribution in [0.15, 0.2) is 6.07 Å². The number of amides is 2. The van der Waals surface area contributed by atoms with Crippen LogP contribution in [-0.4, -0.2) is 36.8 Å². The molecule has 1 aromatic rings. The number of rotatable bonds is 8. The molecular formula is C13H22N4O3. The largest absolute Gasteiger partial charge is 0.481 e. The minimum absolute atomic E-state index is 0.146. The quantitative estimate of drug-likeness (QED) is 0.714. The summed E-state index contributed by atoms with van der Waals surface area (Å²) in [6.07, 6.45) is 4.42. The molecule has 0 spiro atoms. The maximum absolute atomic E-state index is 11.7. The zero-order valence-electron chi connectivity index (χ0n) is 12.2. The maximum atomic E-state index is 11.7. The van der Waals surface area contributed by atoms with Crippen LogP contribution in [0.3, 0.4) is 0 Å². The van der Waals surface area contributed by atoms with Crippen LogP contribution in [0.4, 0.5) is 10.7 Å². The molecule has 7 nitrogen and oxygen atoms in total. The predicted molar refractivity (Wildman–Crippen MR) is 76.3 cm³/mol. The summed E-state index contributed by atoms with van der Waals surface area (Å²) in [4.78, 5) is 19.7. The fourth-order valence-corrected chi connectivity index (χ4v) is 1.57. The van der Waals surface area contributed by atoms with Gasteiger partial charge in [-0.3, -0.25) is 5.32 Å². The second-order valence-electron chi connectivity index (χ2n) is 4.22. The van der Waals surface area contributed by atoms with Crippen molar-refractivity contribution in [2.45, 2.75) is 32.6 Å². The third-order valence-corrected chi connectivity index (χ3v) is 2.64. The Morgan fingerprint density at radius 2 is 1.80 bits per heavy atom. The summed E-state index contributed by atoms with van der Waals surface area (Å²) in [5.41, 5.74) is 0. The molecule has 0 aliphatic carbocycles. The Morgan fingerprint density at radius 3 is 2.35 bits per heavy atom. The first kappa shape index (κ1) is 16.0. The van der Waals surface area contributed by atoms with Crippen LogP contribution in [0, 0.1) is 0 Å². The van der Waals surface area contributed by atoms with Gasteiger partial charge in [-0.15, -0.1) is 0 Å². The molecule has 0 aliphatic rings. The van der Waals surface area contributed by atoms with Crippen molar-refractivity contribution < 1.29 is 14.3 Å². The SMILES string of the molecule is CCCCCCNC(=O)Nc1nc(OC)cc(OC)n1. The first-order chi connectivity index (χ1) is 9.69. The van der Waals surface area contributed by atoms with Crippen molar-refractivity contribution in [2.24, 2.45) is 0 Å². The number of unbranched alkanes of at least 4 members (excludes halogenated alkanes) is 3. The summed E-state index contributed by atoms with van der Waals surface area (Å²) in [5.74, 6) is 0.803. The molecule has 1 aromatic heterocycles. The normalized spacial score (nSPS) is 9.95. The minimum atomic E-state index is -0.336. The number of hydrogen-bond donors (Lipinski definition) is 2. The van der Waals surface area contributed by atoms with Crippen LogP contribution in [0.25, 0.3) is 0 Å². The van der Waals surface area contributed by atoms with Crippen LogP contribution in [0.1, 0.15) is 32.6 Å². The number of aromatic nitrogens is 2. The molecule has 1 rings (SSSR count). The Balaban J connectivity index is 2.44. The van der Waals surface area contributed by atoms with Gasteiger partial charge in [-0.2, -0.15) is 9.97 Å². The van der Waals surface area contributed by atoms with Crippen molar-refractivity contribution in [1.29, 1.82) is 0 Å². The van der Waals surface area contributed by atoms with Gasteiger partial charge in [0.05, 0.1) is 20.3 Å². The first-order valence-electron chi connectivity index (χ1n) is 6.71. The van der Waals surface area contributed by atoms with E-state index in [2.05, 4.69) is 27.5 Å². The van der Waals surface area contributed by atoms with E-state index >= 15 is 0 Å². The summed E-state index contributed by atoms with van der Waals surface area (Å²) in [7, 11) is 2.97. The Hall–Kier alpha value is -2.05. The summed E-state index contributed by atoms with van der Waals surface area (Å²) >= 11 is 0. The fraction of sp³-hybridized carbons (Fsp3) is 0.615.